The lowest BCUT2D eigenvalue weighted by atomic mass is 9.98. The van der Waals surface area contributed by atoms with Crippen LogP contribution in [0.15, 0.2) is 0 Å². The molecule has 9 heavy (non-hydrogen) atoms. The fourth-order valence-corrected chi connectivity index (χ4v) is 1.34. The van der Waals surface area contributed by atoms with E-state index in [2.05, 4.69) is 24.7 Å². The van der Waals surface area contributed by atoms with Gasteiger partial charge in [0.05, 0.1) is 0 Å². The Bertz CT molecular complexity index is 75.0. The highest BCUT2D eigenvalue weighted by Crippen LogP contribution is 2.11. The molecule has 0 amide bonds. The van der Waals surface area contributed by atoms with Crippen LogP contribution in [-0.2, 0) is 0 Å². The van der Waals surface area contributed by atoms with Gasteiger partial charge in [-0.2, -0.15) is 0 Å². The predicted molar refractivity (Wildman–Crippen MR) is 39.0 cm³/mol. The molecule has 0 aromatic carbocycles. The van der Waals surface area contributed by atoms with E-state index in [4.69, 9.17) is 0 Å². The Morgan fingerprint density at radius 2 is 1.89 bits per heavy atom. The van der Waals surface area contributed by atoms with Crippen LogP contribution in [0.1, 0.15) is 20.3 Å². The molecule has 2 nitrogen and oxygen atoms in total. The van der Waals surface area contributed by atoms with E-state index in [9.17, 15) is 0 Å². The van der Waals surface area contributed by atoms with Crippen LogP contribution in [0.3, 0.4) is 0 Å². The molecule has 0 aliphatic carbocycles. The molecule has 1 rings (SSSR count). The molecule has 0 bridgehead atoms. The Morgan fingerprint density at radius 1 is 1.33 bits per heavy atom. The summed E-state index contributed by atoms with van der Waals surface area (Å²) in [6.45, 7) is 6.85. The van der Waals surface area contributed by atoms with E-state index in [0.29, 0.717) is 0 Å². The van der Waals surface area contributed by atoms with Crippen LogP contribution >= 0.6 is 0 Å². The van der Waals surface area contributed by atoms with E-state index in [-0.39, 0.29) is 0 Å². The van der Waals surface area contributed by atoms with Gasteiger partial charge in [0.25, 0.3) is 0 Å². The highest BCUT2D eigenvalue weighted by molar-refractivity contribution is 4.69. The van der Waals surface area contributed by atoms with Crippen LogP contribution in [-0.4, -0.2) is 13.1 Å². The smallest absolute Gasteiger partial charge is 0.0141 e. The highest BCUT2D eigenvalue weighted by atomic mass is 15.4. The first-order valence-electron chi connectivity index (χ1n) is 3.74. The number of hydrogen-bond donors (Lipinski definition) is 2. The first-order chi connectivity index (χ1) is 4.29. The molecule has 1 saturated heterocycles. The molecule has 1 aliphatic heterocycles. The molecule has 2 heteroatoms. The second-order valence-corrected chi connectivity index (χ2v) is 3.26. The van der Waals surface area contributed by atoms with Crippen LogP contribution in [0.25, 0.3) is 0 Å². The van der Waals surface area contributed by atoms with Gasteiger partial charge in [-0.1, -0.05) is 13.8 Å². The second kappa shape index (κ2) is 3.18. The third-order valence-electron chi connectivity index (χ3n) is 1.71. The topological polar surface area (TPSA) is 24.1 Å². The second-order valence-electron chi connectivity index (χ2n) is 3.26. The van der Waals surface area contributed by atoms with E-state index in [1.165, 1.54) is 6.42 Å². The van der Waals surface area contributed by atoms with Crippen LogP contribution < -0.4 is 10.9 Å². The lowest BCUT2D eigenvalue weighted by molar-refractivity contribution is 0.453. The number of nitrogens with one attached hydrogen (secondary N) is 2. The summed E-state index contributed by atoms with van der Waals surface area (Å²) in [6.07, 6.45) is 1.35. The maximum Gasteiger partial charge on any atom is 0.0141 e. The molecule has 0 radical (unpaired) electrons. The molecule has 1 aliphatic rings. The molecular weight excluding hydrogens is 112 g/mol. The van der Waals surface area contributed by atoms with Crippen LogP contribution in [0.4, 0.5) is 0 Å². The zero-order chi connectivity index (χ0) is 6.69. The van der Waals surface area contributed by atoms with Gasteiger partial charge < -0.3 is 0 Å². The van der Waals surface area contributed by atoms with Crippen molar-refractivity contribution >= 4 is 0 Å². The summed E-state index contributed by atoms with van der Waals surface area (Å²) in [7, 11) is 0. The molecular formula is C7H16N2. The average Bonchev–Trinajstić information content (AvgIpc) is 2.15. The van der Waals surface area contributed by atoms with Crippen molar-refractivity contribution in [3.8, 4) is 0 Å². The quantitative estimate of drug-likeness (QED) is 0.573. The largest absolute Gasteiger partial charge is 0.258 e. The van der Waals surface area contributed by atoms with Crippen molar-refractivity contribution in [2.75, 3.05) is 13.1 Å². The maximum absolute atomic E-state index is 3.13. The molecule has 54 valence electrons. The maximum atomic E-state index is 3.13. The van der Waals surface area contributed by atoms with Gasteiger partial charge in [-0.25, -0.2) is 0 Å². The van der Waals surface area contributed by atoms with E-state index < -0.39 is 0 Å². The zero-order valence-electron chi connectivity index (χ0n) is 6.28. The van der Waals surface area contributed by atoms with Gasteiger partial charge in [-0.15, -0.1) is 0 Å². The van der Waals surface area contributed by atoms with Crippen molar-refractivity contribution in [2.24, 2.45) is 11.8 Å². The Kier molecular flexibility index (Phi) is 2.49. The molecule has 0 unspecified atom stereocenters. The van der Waals surface area contributed by atoms with Crippen LogP contribution in [0, 0.1) is 11.8 Å². The first kappa shape index (κ1) is 7.03. The lowest BCUT2D eigenvalue weighted by Gasteiger charge is -2.08. The summed E-state index contributed by atoms with van der Waals surface area (Å²) in [5, 5.41) is 0. The monoisotopic (exact) mass is 128 g/mol. The van der Waals surface area contributed by atoms with Gasteiger partial charge in [0, 0.05) is 13.1 Å². The molecule has 1 fully saturated rings. The minimum atomic E-state index is 0.844. The Hall–Kier alpha value is -0.0800. The molecule has 0 saturated carbocycles. The summed E-state index contributed by atoms with van der Waals surface area (Å²) in [5.74, 6) is 1.71. The molecule has 0 aromatic heterocycles. The molecule has 0 atom stereocenters. The fourth-order valence-electron chi connectivity index (χ4n) is 1.34. The van der Waals surface area contributed by atoms with Gasteiger partial charge in [-0.05, 0) is 18.3 Å². The SMILES string of the molecule is CC(C)CC1CNNC1. The lowest BCUT2D eigenvalue weighted by Crippen LogP contribution is -2.21. The summed E-state index contributed by atoms with van der Waals surface area (Å²) in [5.41, 5.74) is 6.26. The third kappa shape index (κ3) is 2.33. The van der Waals surface area contributed by atoms with Gasteiger partial charge in [0.2, 0.25) is 0 Å². The average molecular weight is 128 g/mol. The van der Waals surface area contributed by atoms with Crippen molar-refractivity contribution in [3.63, 3.8) is 0 Å². The summed E-state index contributed by atoms with van der Waals surface area (Å²) >= 11 is 0. The Morgan fingerprint density at radius 3 is 2.33 bits per heavy atom. The minimum Gasteiger partial charge on any atom is -0.258 e. The molecule has 0 spiro atoms. The van der Waals surface area contributed by atoms with Crippen molar-refractivity contribution in [2.45, 2.75) is 20.3 Å². The van der Waals surface area contributed by atoms with Gasteiger partial charge in [-0.3, -0.25) is 10.9 Å². The van der Waals surface area contributed by atoms with Gasteiger partial charge in [0.1, 0.15) is 0 Å². The van der Waals surface area contributed by atoms with Crippen LogP contribution in [0.5, 0.6) is 0 Å². The van der Waals surface area contributed by atoms with E-state index in [1.807, 2.05) is 0 Å². The van der Waals surface area contributed by atoms with Crippen molar-refractivity contribution < 1.29 is 0 Å². The van der Waals surface area contributed by atoms with Crippen molar-refractivity contribution in [1.82, 2.24) is 10.9 Å². The predicted octanol–water partition coefficient (Wildman–Crippen LogP) is 0.757. The summed E-state index contributed by atoms with van der Waals surface area (Å²) in [4.78, 5) is 0. The van der Waals surface area contributed by atoms with E-state index in [0.717, 1.165) is 24.9 Å². The highest BCUT2D eigenvalue weighted by Gasteiger charge is 2.14. The molecule has 0 aromatic rings. The molecule has 2 N–H and O–H groups in total. The zero-order valence-corrected chi connectivity index (χ0v) is 6.28. The van der Waals surface area contributed by atoms with Crippen molar-refractivity contribution in [1.29, 1.82) is 0 Å². The standard InChI is InChI=1S/C7H16N2/c1-6(2)3-7-4-8-9-5-7/h6-9H,3-5H2,1-2H3. The van der Waals surface area contributed by atoms with Gasteiger partial charge in [0.15, 0.2) is 0 Å². The molecule has 1 heterocycles. The van der Waals surface area contributed by atoms with Crippen molar-refractivity contribution in [3.05, 3.63) is 0 Å². The first-order valence-corrected chi connectivity index (χ1v) is 3.74. The minimum absolute atomic E-state index is 0.844. The number of rotatable bonds is 2. The summed E-state index contributed by atoms with van der Waals surface area (Å²) < 4.78 is 0. The Balaban J connectivity index is 2.11. The van der Waals surface area contributed by atoms with Gasteiger partial charge >= 0.3 is 0 Å². The number of hydrogen-bond acceptors (Lipinski definition) is 2. The third-order valence-corrected chi connectivity index (χ3v) is 1.71. The van der Waals surface area contributed by atoms with Crippen LogP contribution in [0.2, 0.25) is 0 Å². The van der Waals surface area contributed by atoms with E-state index in [1.54, 1.807) is 0 Å². The normalized spacial score (nSPS) is 21.7. The van der Waals surface area contributed by atoms with E-state index >= 15 is 0 Å². The summed E-state index contributed by atoms with van der Waals surface area (Å²) in [6, 6.07) is 0. The fraction of sp³-hybridized carbons (Fsp3) is 1.00. The number of hydrazine groups is 1. The Labute approximate surface area is 57.0 Å².